The molecule has 0 aliphatic heterocycles. The molecule has 0 bridgehead atoms. The molecule has 1 heterocycles. The first-order valence-electron chi connectivity index (χ1n) is 16.0. The zero-order valence-corrected chi connectivity index (χ0v) is 30.2. The van der Waals surface area contributed by atoms with Gasteiger partial charge in [0.05, 0.1) is 24.5 Å². The van der Waals surface area contributed by atoms with E-state index in [2.05, 4.69) is 5.32 Å². The second-order valence-electron chi connectivity index (χ2n) is 11.6. The van der Waals surface area contributed by atoms with Crippen molar-refractivity contribution in [2.45, 2.75) is 32.4 Å². The SMILES string of the molecule is CCOC(=O)C(COC(=O)Oc1c(F)cc(NC(=O)c2cccc(C)c2-c2ccc(C(F)(F)F)cc2)c(C(=O)N(C)C)c1F)(C(=O)OCC)c1cccs1. The van der Waals surface area contributed by atoms with E-state index >= 15 is 8.78 Å². The van der Waals surface area contributed by atoms with Crippen molar-refractivity contribution < 1.29 is 64.9 Å². The first-order chi connectivity index (χ1) is 25.5. The van der Waals surface area contributed by atoms with Gasteiger partial charge in [0.15, 0.2) is 11.6 Å². The summed E-state index contributed by atoms with van der Waals surface area (Å²) in [5.74, 6) is -9.09. The number of alkyl halides is 3. The Hall–Kier alpha value is -5.84. The number of amides is 2. The van der Waals surface area contributed by atoms with Gasteiger partial charge in [0.2, 0.25) is 11.2 Å². The first kappa shape index (κ1) is 40.9. The number of nitrogens with zero attached hydrogens (tertiary/aromatic N) is 1. The molecule has 4 aromatic rings. The third-order valence-corrected chi connectivity index (χ3v) is 8.88. The molecule has 0 spiro atoms. The molecule has 54 heavy (non-hydrogen) atoms. The predicted octanol–water partition coefficient (Wildman–Crippen LogP) is 7.55. The van der Waals surface area contributed by atoms with E-state index in [-0.39, 0.29) is 34.8 Å². The molecule has 17 heteroatoms. The highest BCUT2D eigenvalue weighted by Crippen LogP contribution is 2.37. The normalized spacial score (nSPS) is 11.4. The van der Waals surface area contributed by atoms with Gasteiger partial charge in [0, 0.05) is 30.6 Å². The monoisotopic (exact) mass is 776 g/mol. The van der Waals surface area contributed by atoms with E-state index in [9.17, 15) is 37.1 Å². The van der Waals surface area contributed by atoms with Gasteiger partial charge in [-0.05, 0) is 67.1 Å². The molecule has 0 unspecified atom stereocenters. The summed E-state index contributed by atoms with van der Waals surface area (Å²) in [6.07, 6.45) is -6.40. The lowest BCUT2D eigenvalue weighted by molar-refractivity contribution is -0.167. The fourth-order valence-corrected chi connectivity index (χ4v) is 6.15. The number of anilines is 1. The second-order valence-corrected chi connectivity index (χ2v) is 12.6. The Morgan fingerprint density at radius 1 is 0.852 bits per heavy atom. The van der Waals surface area contributed by atoms with Crippen LogP contribution < -0.4 is 10.1 Å². The molecule has 0 atom stereocenters. The number of carbonyl (C=O) groups excluding carboxylic acids is 5. The zero-order valence-electron chi connectivity index (χ0n) is 29.4. The number of carbonyl (C=O) groups is 5. The molecule has 3 aromatic carbocycles. The van der Waals surface area contributed by atoms with Crippen LogP contribution in [0.4, 0.5) is 32.4 Å². The van der Waals surface area contributed by atoms with Crippen LogP contribution in [0.2, 0.25) is 0 Å². The number of rotatable bonds is 12. The van der Waals surface area contributed by atoms with Crippen molar-refractivity contribution in [3.05, 3.63) is 105 Å². The van der Waals surface area contributed by atoms with Crippen LogP contribution in [0.15, 0.2) is 66.0 Å². The zero-order chi connectivity index (χ0) is 40.0. The van der Waals surface area contributed by atoms with Crippen molar-refractivity contribution in [1.82, 2.24) is 4.90 Å². The molecule has 0 aliphatic carbocycles. The lowest BCUT2D eigenvalue weighted by atomic mass is 9.87. The van der Waals surface area contributed by atoms with Crippen LogP contribution in [0.25, 0.3) is 11.1 Å². The summed E-state index contributed by atoms with van der Waals surface area (Å²) in [7, 11) is 2.45. The molecule has 0 saturated heterocycles. The molecule has 0 radical (unpaired) electrons. The van der Waals surface area contributed by atoms with Gasteiger partial charge in [0.25, 0.3) is 11.8 Å². The van der Waals surface area contributed by atoms with Gasteiger partial charge >= 0.3 is 24.3 Å². The lowest BCUT2D eigenvalue weighted by Crippen LogP contribution is -2.50. The van der Waals surface area contributed by atoms with E-state index < -0.39 is 82.3 Å². The fraction of sp³-hybridized carbons (Fsp3) is 0.270. The average Bonchev–Trinajstić information content (AvgIpc) is 3.65. The maximum Gasteiger partial charge on any atom is 0.514 e. The standard InChI is InChI=1S/C37H33F5N2O9S/c1-6-50-33(47)36(34(48)51-7-2,26-12-9-17-54-26)19-52-35(49)53-30-24(38)18-25(28(29(30)39)32(46)44(4)5)43-31(45)23-11-8-10-20(3)27(23)21-13-15-22(16-14-21)37(40,41)42/h8-18H,6-7,19H2,1-5H3,(H,43,45). The van der Waals surface area contributed by atoms with Gasteiger partial charge in [-0.1, -0.05) is 30.3 Å². The summed E-state index contributed by atoms with van der Waals surface area (Å²) in [6.45, 7) is 3.14. The molecule has 0 fully saturated rings. The van der Waals surface area contributed by atoms with Crippen LogP contribution in [0.3, 0.4) is 0 Å². The lowest BCUT2D eigenvalue weighted by Gasteiger charge is -2.27. The van der Waals surface area contributed by atoms with Crippen LogP contribution in [0, 0.1) is 18.6 Å². The Balaban J connectivity index is 1.69. The maximum absolute atomic E-state index is 16.1. The van der Waals surface area contributed by atoms with Crippen LogP contribution in [-0.2, 0) is 35.4 Å². The van der Waals surface area contributed by atoms with Gasteiger partial charge in [-0.3, -0.25) is 19.2 Å². The van der Waals surface area contributed by atoms with Crippen LogP contribution in [-0.4, -0.2) is 68.7 Å². The van der Waals surface area contributed by atoms with Crippen LogP contribution in [0.1, 0.15) is 50.6 Å². The van der Waals surface area contributed by atoms with Crippen molar-refractivity contribution in [3.63, 3.8) is 0 Å². The predicted molar refractivity (Wildman–Crippen MR) is 185 cm³/mol. The Bertz CT molecular complexity index is 2030. The molecular formula is C37H33F5N2O9S. The third kappa shape index (κ3) is 8.51. The quantitative estimate of drug-likeness (QED) is 0.0508. The molecule has 11 nitrogen and oxygen atoms in total. The molecule has 1 aromatic heterocycles. The number of halogens is 5. The van der Waals surface area contributed by atoms with Gasteiger partial charge in [-0.25, -0.2) is 13.6 Å². The number of benzene rings is 3. The van der Waals surface area contributed by atoms with Gasteiger partial charge in [0.1, 0.15) is 12.2 Å². The molecule has 4 rings (SSSR count). The van der Waals surface area contributed by atoms with Gasteiger partial charge in [-0.15, -0.1) is 11.3 Å². The topological polar surface area (TPSA) is 138 Å². The molecular weight excluding hydrogens is 743 g/mol. The first-order valence-corrected chi connectivity index (χ1v) is 16.9. The number of nitrogens with one attached hydrogen (secondary N) is 1. The summed E-state index contributed by atoms with van der Waals surface area (Å²) in [4.78, 5) is 67.1. The summed E-state index contributed by atoms with van der Waals surface area (Å²) >= 11 is 0.942. The van der Waals surface area contributed by atoms with Crippen LogP contribution >= 0.6 is 11.3 Å². The average molecular weight is 777 g/mol. The van der Waals surface area contributed by atoms with E-state index in [1.807, 2.05) is 0 Å². The summed E-state index contributed by atoms with van der Waals surface area (Å²) in [5.41, 5.74) is -4.08. The Morgan fingerprint density at radius 3 is 2.02 bits per heavy atom. The molecule has 1 N–H and O–H groups in total. The summed E-state index contributed by atoms with van der Waals surface area (Å²) < 4.78 is 91.3. The largest absolute Gasteiger partial charge is 0.514 e. The molecule has 286 valence electrons. The Labute approximate surface area is 309 Å². The van der Waals surface area contributed by atoms with Crippen molar-refractivity contribution in [1.29, 1.82) is 0 Å². The van der Waals surface area contributed by atoms with E-state index in [1.54, 1.807) is 13.0 Å². The molecule has 2 amide bonds. The number of hydrogen-bond donors (Lipinski definition) is 1. The smallest absolute Gasteiger partial charge is 0.465 e. The highest BCUT2D eigenvalue weighted by atomic mass is 32.1. The number of ether oxygens (including phenoxy) is 4. The highest BCUT2D eigenvalue weighted by Gasteiger charge is 2.53. The maximum atomic E-state index is 16.1. The van der Waals surface area contributed by atoms with Crippen molar-refractivity contribution in [2.24, 2.45) is 0 Å². The minimum Gasteiger partial charge on any atom is -0.465 e. The van der Waals surface area contributed by atoms with Gasteiger partial charge < -0.3 is 29.2 Å². The third-order valence-electron chi connectivity index (χ3n) is 7.84. The minimum absolute atomic E-state index is 0.0682. The summed E-state index contributed by atoms with van der Waals surface area (Å²) in [6, 6.07) is 11.8. The van der Waals surface area contributed by atoms with Crippen molar-refractivity contribution in [2.75, 3.05) is 39.2 Å². The Kier molecular flexibility index (Phi) is 12.8. The fourth-order valence-electron chi connectivity index (χ4n) is 5.27. The molecule has 0 saturated carbocycles. The highest BCUT2D eigenvalue weighted by molar-refractivity contribution is 7.10. The number of esters is 2. The van der Waals surface area contributed by atoms with Crippen molar-refractivity contribution >= 4 is 46.9 Å². The second kappa shape index (κ2) is 16.9. The van der Waals surface area contributed by atoms with E-state index in [4.69, 9.17) is 18.9 Å². The van der Waals surface area contributed by atoms with Crippen LogP contribution in [0.5, 0.6) is 5.75 Å². The number of hydrogen-bond acceptors (Lipinski definition) is 10. The molecule has 0 aliphatic rings. The Morgan fingerprint density at radius 2 is 1.48 bits per heavy atom. The van der Waals surface area contributed by atoms with E-state index in [0.717, 1.165) is 40.5 Å². The van der Waals surface area contributed by atoms with E-state index in [1.165, 1.54) is 57.6 Å². The number of aryl methyl sites for hydroxylation is 1. The van der Waals surface area contributed by atoms with Crippen molar-refractivity contribution in [3.8, 4) is 16.9 Å². The minimum atomic E-state index is -4.61. The van der Waals surface area contributed by atoms with Gasteiger partial charge in [-0.2, -0.15) is 13.2 Å². The van der Waals surface area contributed by atoms with E-state index in [0.29, 0.717) is 11.6 Å². The summed E-state index contributed by atoms with van der Waals surface area (Å²) in [5, 5.41) is 3.82. The number of thiophene rings is 1.